The maximum Gasteiger partial charge on any atom is 0.247 e. The number of ether oxygens (including phenoxy) is 1. The molecule has 1 aromatic rings. The van der Waals surface area contributed by atoms with Gasteiger partial charge in [0.1, 0.15) is 5.75 Å². The van der Waals surface area contributed by atoms with Crippen LogP contribution in [0.15, 0.2) is 30.3 Å². The van der Waals surface area contributed by atoms with E-state index in [1.807, 2.05) is 36.1 Å². The molecule has 0 aromatic heterocycles. The zero-order chi connectivity index (χ0) is 14.5. The number of carbonyl (C=O) groups is 1. The van der Waals surface area contributed by atoms with E-state index < -0.39 is 0 Å². The smallest absolute Gasteiger partial charge is 0.247 e. The zero-order valence-corrected chi connectivity index (χ0v) is 12.1. The lowest BCUT2D eigenvalue weighted by Crippen LogP contribution is -2.39. The Morgan fingerprint density at radius 3 is 2.75 bits per heavy atom. The molecule has 1 amide bonds. The predicted molar refractivity (Wildman–Crippen MR) is 80.4 cm³/mol. The zero-order valence-electron chi connectivity index (χ0n) is 12.1. The van der Waals surface area contributed by atoms with E-state index >= 15 is 0 Å². The van der Waals surface area contributed by atoms with E-state index in [1.165, 1.54) is 0 Å². The van der Waals surface area contributed by atoms with Gasteiger partial charge in [-0.05, 0) is 43.0 Å². The van der Waals surface area contributed by atoms with Gasteiger partial charge in [0.2, 0.25) is 5.91 Å². The molecular weight excluding hydrogens is 252 g/mol. The van der Waals surface area contributed by atoms with Gasteiger partial charge in [0.15, 0.2) is 0 Å². The molecule has 1 aliphatic heterocycles. The van der Waals surface area contributed by atoms with E-state index in [0.717, 1.165) is 36.3 Å². The number of allylic oxidation sites excluding steroid dienone is 1. The van der Waals surface area contributed by atoms with Crippen LogP contribution in [0.4, 0.5) is 0 Å². The van der Waals surface area contributed by atoms with Crippen molar-refractivity contribution in [3.8, 4) is 5.75 Å². The van der Waals surface area contributed by atoms with Crippen molar-refractivity contribution in [3.63, 3.8) is 0 Å². The van der Waals surface area contributed by atoms with Gasteiger partial charge in [-0.3, -0.25) is 4.79 Å². The third-order valence-corrected chi connectivity index (χ3v) is 3.82. The molecule has 1 aliphatic rings. The molecule has 1 heterocycles. The molecule has 1 saturated heterocycles. The fraction of sp³-hybridized carbons (Fsp3) is 0.438. The number of methoxy groups -OCH3 is 1. The molecule has 0 spiro atoms. The van der Waals surface area contributed by atoms with Crippen molar-refractivity contribution in [3.05, 3.63) is 35.9 Å². The molecule has 4 nitrogen and oxygen atoms in total. The lowest BCUT2D eigenvalue weighted by Gasteiger charge is -2.22. The molecule has 1 unspecified atom stereocenters. The molecule has 1 atom stereocenters. The second-order valence-corrected chi connectivity index (χ2v) is 5.12. The van der Waals surface area contributed by atoms with Crippen LogP contribution in [0.1, 0.15) is 25.3 Å². The van der Waals surface area contributed by atoms with Crippen molar-refractivity contribution < 1.29 is 9.53 Å². The van der Waals surface area contributed by atoms with Gasteiger partial charge < -0.3 is 15.4 Å². The number of benzene rings is 1. The number of rotatable bonds is 4. The number of nitrogens with zero attached hydrogens (tertiary/aromatic N) is 1. The standard InChI is InChI=1S/C16H22N2O2/c1-12(13-5-7-15(20-2)8-6-13)10-16(19)18-9-3-4-14(18)11-17/h5-8,10,14H,3-4,9,11,17H2,1-2H3/b12-10+. The summed E-state index contributed by atoms with van der Waals surface area (Å²) in [6.07, 6.45) is 3.76. The average Bonchev–Trinajstić information content (AvgIpc) is 2.95. The number of nitrogens with two attached hydrogens (primary N) is 1. The summed E-state index contributed by atoms with van der Waals surface area (Å²) in [5.74, 6) is 0.877. The summed E-state index contributed by atoms with van der Waals surface area (Å²) in [4.78, 5) is 14.2. The first-order chi connectivity index (χ1) is 9.65. The van der Waals surface area contributed by atoms with Gasteiger partial charge in [-0.25, -0.2) is 0 Å². The molecule has 0 radical (unpaired) electrons. The molecule has 108 valence electrons. The van der Waals surface area contributed by atoms with Crippen LogP contribution in [0.25, 0.3) is 5.57 Å². The van der Waals surface area contributed by atoms with Gasteiger partial charge in [0.05, 0.1) is 7.11 Å². The average molecular weight is 274 g/mol. The summed E-state index contributed by atoms with van der Waals surface area (Å²) in [5.41, 5.74) is 7.70. The fourth-order valence-corrected chi connectivity index (χ4v) is 2.58. The quantitative estimate of drug-likeness (QED) is 0.855. The molecule has 2 N–H and O–H groups in total. The van der Waals surface area contributed by atoms with Gasteiger partial charge in [-0.15, -0.1) is 0 Å². The Bertz CT molecular complexity index is 494. The number of likely N-dealkylation sites (tertiary alicyclic amines) is 1. The van der Waals surface area contributed by atoms with Crippen molar-refractivity contribution in [2.45, 2.75) is 25.8 Å². The molecule has 1 aromatic carbocycles. The molecule has 2 rings (SSSR count). The van der Waals surface area contributed by atoms with Crippen LogP contribution in [0.3, 0.4) is 0 Å². The van der Waals surface area contributed by atoms with Crippen molar-refractivity contribution in [2.24, 2.45) is 5.73 Å². The SMILES string of the molecule is COc1ccc(/C(C)=C/C(=O)N2CCCC2CN)cc1. The molecule has 0 saturated carbocycles. The Balaban J connectivity index is 2.10. The highest BCUT2D eigenvalue weighted by Gasteiger charge is 2.26. The summed E-state index contributed by atoms with van der Waals surface area (Å²) < 4.78 is 5.13. The summed E-state index contributed by atoms with van der Waals surface area (Å²) in [5, 5.41) is 0. The van der Waals surface area contributed by atoms with E-state index in [2.05, 4.69) is 0 Å². The summed E-state index contributed by atoms with van der Waals surface area (Å²) in [6, 6.07) is 7.92. The Hall–Kier alpha value is -1.81. The first-order valence-electron chi connectivity index (χ1n) is 6.99. The Morgan fingerprint density at radius 1 is 1.45 bits per heavy atom. The van der Waals surface area contributed by atoms with E-state index in [0.29, 0.717) is 6.54 Å². The van der Waals surface area contributed by atoms with E-state index in [1.54, 1.807) is 13.2 Å². The number of hydrogen-bond donors (Lipinski definition) is 1. The summed E-state index contributed by atoms with van der Waals surface area (Å²) in [6.45, 7) is 3.31. The first-order valence-corrected chi connectivity index (χ1v) is 6.99. The highest BCUT2D eigenvalue weighted by molar-refractivity contribution is 5.95. The minimum atomic E-state index is 0.0614. The molecule has 20 heavy (non-hydrogen) atoms. The van der Waals surface area contributed by atoms with Crippen LogP contribution in [0.2, 0.25) is 0 Å². The summed E-state index contributed by atoms with van der Waals surface area (Å²) >= 11 is 0. The Labute approximate surface area is 120 Å². The maximum atomic E-state index is 12.3. The third-order valence-electron chi connectivity index (χ3n) is 3.82. The first kappa shape index (κ1) is 14.6. The summed E-state index contributed by atoms with van der Waals surface area (Å²) in [7, 11) is 1.64. The Morgan fingerprint density at radius 2 is 2.15 bits per heavy atom. The van der Waals surface area contributed by atoms with Crippen molar-refractivity contribution in [2.75, 3.05) is 20.2 Å². The maximum absolute atomic E-state index is 12.3. The predicted octanol–water partition coefficient (Wildman–Crippen LogP) is 2.05. The molecule has 1 fully saturated rings. The number of carbonyl (C=O) groups excluding carboxylic acids is 1. The number of hydrogen-bond acceptors (Lipinski definition) is 3. The van der Waals surface area contributed by atoms with E-state index in [9.17, 15) is 4.79 Å². The molecule has 4 heteroatoms. The molecule has 0 bridgehead atoms. The van der Waals surface area contributed by atoms with E-state index in [4.69, 9.17) is 10.5 Å². The van der Waals surface area contributed by atoms with Gasteiger partial charge in [-0.2, -0.15) is 0 Å². The van der Waals surface area contributed by atoms with Crippen molar-refractivity contribution in [1.82, 2.24) is 4.90 Å². The molecule has 0 aliphatic carbocycles. The minimum absolute atomic E-state index is 0.0614. The topological polar surface area (TPSA) is 55.6 Å². The van der Waals surface area contributed by atoms with Gasteiger partial charge in [0, 0.05) is 25.2 Å². The van der Waals surface area contributed by atoms with Crippen LogP contribution >= 0.6 is 0 Å². The van der Waals surface area contributed by atoms with Gasteiger partial charge in [-0.1, -0.05) is 12.1 Å². The fourth-order valence-electron chi connectivity index (χ4n) is 2.58. The third kappa shape index (κ3) is 3.20. The highest BCUT2D eigenvalue weighted by Crippen LogP contribution is 2.21. The van der Waals surface area contributed by atoms with Crippen LogP contribution in [0, 0.1) is 0 Å². The largest absolute Gasteiger partial charge is 0.497 e. The Kier molecular flexibility index (Phi) is 4.79. The minimum Gasteiger partial charge on any atom is -0.497 e. The van der Waals surface area contributed by atoms with E-state index in [-0.39, 0.29) is 11.9 Å². The second kappa shape index (κ2) is 6.57. The molecular formula is C16H22N2O2. The van der Waals surface area contributed by atoms with Crippen molar-refractivity contribution in [1.29, 1.82) is 0 Å². The van der Waals surface area contributed by atoms with Gasteiger partial charge in [0.25, 0.3) is 0 Å². The lowest BCUT2D eigenvalue weighted by molar-refractivity contribution is -0.126. The second-order valence-electron chi connectivity index (χ2n) is 5.12. The van der Waals surface area contributed by atoms with Crippen molar-refractivity contribution >= 4 is 11.5 Å². The normalized spacial score (nSPS) is 19.2. The lowest BCUT2D eigenvalue weighted by atomic mass is 10.1. The van der Waals surface area contributed by atoms with Crippen LogP contribution in [-0.2, 0) is 4.79 Å². The monoisotopic (exact) mass is 274 g/mol. The van der Waals surface area contributed by atoms with Gasteiger partial charge >= 0.3 is 0 Å². The highest BCUT2D eigenvalue weighted by atomic mass is 16.5. The van der Waals surface area contributed by atoms with Crippen LogP contribution in [0.5, 0.6) is 5.75 Å². The van der Waals surface area contributed by atoms with Crippen LogP contribution < -0.4 is 10.5 Å². The van der Waals surface area contributed by atoms with Crippen LogP contribution in [-0.4, -0.2) is 37.0 Å². The number of amides is 1.